The molecule has 0 saturated carbocycles. The van der Waals surface area contributed by atoms with Gasteiger partial charge >= 0.3 is 6.03 Å². The Bertz CT molecular complexity index is 418. The molecule has 0 heterocycles. The lowest BCUT2D eigenvalue weighted by Crippen LogP contribution is -2.48. The maximum absolute atomic E-state index is 11.8. The van der Waals surface area contributed by atoms with Gasteiger partial charge in [0.15, 0.2) is 0 Å². The topological polar surface area (TPSA) is 41.1 Å². The number of carbonyl (C=O) groups excluding carboxylic acids is 1. The molecule has 0 saturated heterocycles. The first-order chi connectivity index (χ1) is 8.35. The summed E-state index contributed by atoms with van der Waals surface area (Å²) >= 11 is 5.97. The highest BCUT2D eigenvalue weighted by Gasteiger charge is 2.23. The maximum Gasteiger partial charge on any atom is 0.315 e. The molecule has 0 spiro atoms. The van der Waals surface area contributed by atoms with E-state index in [2.05, 4.69) is 10.6 Å². The molecule has 18 heavy (non-hydrogen) atoms. The van der Waals surface area contributed by atoms with Crippen molar-refractivity contribution in [2.75, 3.05) is 0 Å². The summed E-state index contributed by atoms with van der Waals surface area (Å²) in [5, 5.41) is 6.51. The molecule has 1 atom stereocenters. The molecule has 0 aliphatic heterocycles. The van der Waals surface area contributed by atoms with Gasteiger partial charge in [-0.15, -0.1) is 0 Å². The van der Waals surface area contributed by atoms with Crippen LogP contribution in [0, 0.1) is 0 Å². The highest BCUT2D eigenvalue weighted by atomic mass is 35.5. The van der Waals surface area contributed by atoms with Gasteiger partial charge in [0.05, 0.1) is 5.54 Å². The van der Waals surface area contributed by atoms with Gasteiger partial charge in [-0.05, 0) is 44.9 Å². The van der Waals surface area contributed by atoms with Gasteiger partial charge in [-0.25, -0.2) is 4.79 Å². The van der Waals surface area contributed by atoms with E-state index in [9.17, 15) is 4.79 Å². The molecule has 4 heteroatoms. The van der Waals surface area contributed by atoms with Crippen molar-refractivity contribution in [1.29, 1.82) is 0 Å². The highest BCUT2D eigenvalue weighted by molar-refractivity contribution is 6.30. The van der Waals surface area contributed by atoms with Crippen LogP contribution in [-0.4, -0.2) is 12.1 Å². The molecule has 0 aliphatic carbocycles. The van der Waals surface area contributed by atoms with Crippen LogP contribution in [0.2, 0.25) is 5.02 Å². The van der Waals surface area contributed by atoms with Gasteiger partial charge in [-0.2, -0.15) is 0 Å². The lowest BCUT2D eigenvalue weighted by atomic mass is 9.94. The van der Waals surface area contributed by atoms with Crippen LogP contribution in [0.15, 0.2) is 24.3 Å². The first-order valence-electron chi connectivity index (χ1n) is 6.20. The number of benzene rings is 1. The zero-order valence-corrected chi connectivity index (χ0v) is 12.1. The van der Waals surface area contributed by atoms with Crippen molar-refractivity contribution in [2.24, 2.45) is 0 Å². The van der Waals surface area contributed by atoms with Gasteiger partial charge in [0.25, 0.3) is 0 Å². The number of nitrogens with one attached hydrogen (secondary N) is 2. The molecule has 3 nitrogen and oxygen atoms in total. The van der Waals surface area contributed by atoms with Gasteiger partial charge in [0.2, 0.25) is 0 Å². The van der Waals surface area contributed by atoms with Crippen LogP contribution in [0.25, 0.3) is 0 Å². The van der Waals surface area contributed by atoms with Crippen LogP contribution in [0.3, 0.4) is 0 Å². The zero-order chi connectivity index (χ0) is 13.8. The Kier molecular flexibility index (Phi) is 5.03. The molecule has 1 rings (SSSR count). The van der Waals surface area contributed by atoms with E-state index in [4.69, 9.17) is 11.6 Å². The summed E-state index contributed by atoms with van der Waals surface area (Å²) in [6, 6.07) is 7.53. The van der Waals surface area contributed by atoms with E-state index in [0.717, 1.165) is 12.0 Å². The first-order valence-corrected chi connectivity index (χ1v) is 6.57. The van der Waals surface area contributed by atoms with Crippen LogP contribution >= 0.6 is 11.6 Å². The molecule has 2 amide bonds. The third kappa shape index (κ3) is 4.22. The maximum atomic E-state index is 11.8. The van der Waals surface area contributed by atoms with Crippen molar-refractivity contribution in [3.8, 4) is 0 Å². The minimum absolute atomic E-state index is 0.158. The number of amides is 2. The SMILES string of the molecule is CCC(C)NC(=O)NC(C)(C)c1cccc(Cl)c1. The molecular weight excluding hydrogens is 248 g/mol. The Morgan fingerprint density at radius 1 is 1.44 bits per heavy atom. The van der Waals surface area contributed by atoms with Crippen molar-refractivity contribution in [3.63, 3.8) is 0 Å². The summed E-state index contributed by atoms with van der Waals surface area (Å²) in [4.78, 5) is 11.8. The molecule has 1 aromatic rings. The van der Waals surface area contributed by atoms with Crippen molar-refractivity contribution in [1.82, 2.24) is 10.6 Å². The van der Waals surface area contributed by atoms with Gasteiger partial charge in [0.1, 0.15) is 0 Å². The van der Waals surface area contributed by atoms with Gasteiger partial charge < -0.3 is 10.6 Å². The van der Waals surface area contributed by atoms with E-state index in [0.29, 0.717) is 5.02 Å². The van der Waals surface area contributed by atoms with E-state index in [1.807, 2.05) is 52.0 Å². The fourth-order valence-electron chi connectivity index (χ4n) is 1.60. The quantitative estimate of drug-likeness (QED) is 0.859. The minimum Gasteiger partial charge on any atom is -0.336 e. The van der Waals surface area contributed by atoms with Crippen LogP contribution in [0.4, 0.5) is 4.79 Å². The molecule has 0 aliphatic rings. The molecule has 1 unspecified atom stereocenters. The van der Waals surface area contributed by atoms with Gasteiger partial charge in [-0.3, -0.25) is 0 Å². The van der Waals surface area contributed by atoms with Crippen LogP contribution in [-0.2, 0) is 5.54 Å². The van der Waals surface area contributed by atoms with Crippen molar-refractivity contribution < 1.29 is 4.79 Å². The van der Waals surface area contributed by atoms with Crippen molar-refractivity contribution in [2.45, 2.75) is 45.7 Å². The Balaban J connectivity index is 2.72. The van der Waals surface area contributed by atoms with E-state index in [1.54, 1.807) is 0 Å². The number of rotatable bonds is 4. The number of urea groups is 1. The predicted octanol–water partition coefficient (Wildman–Crippen LogP) is 3.67. The summed E-state index contributed by atoms with van der Waals surface area (Å²) in [5.41, 5.74) is 0.525. The highest BCUT2D eigenvalue weighted by Crippen LogP contribution is 2.22. The third-order valence-corrected chi connectivity index (χ3v) is 3.20. The molecule has 0 bridgehead atoms. The Morgan fingerprint density at radius 2 is 2.11 bits per heavy atom. The fraction of sp³-hybridized carbons (Fsp3) is 0.500. The van der Waals surface area contributed by atoms with Crippen LogP contribution < -0.4 is 10.6 Å². The molecule has 1 aromatic carbocycles. The average Bonchev–Trinajstić information content (AvgIpc) is 2.28. The first kappa shape index (κ1) is 14.8. The second-order valence-electron chi connectivity index (χ2n) is 5.04. The Labute approximate surface area is 114 Å². The molecule has 0 fully saturated rings. The smallest absolute Gasteiger partial charge is 0.315 e. The predicted molar refractivity (Wildman–Crippen MR) is 75.9 cm³/mol. The lowest BCUT2D eigenvalue weighted by Gasteiger charge is -2.28. The minimum atomic E-state index is -0.456. The summed E-state index contributed by atoms with van der Waals surface area (Å²) in [6.07, 6.45) is 0.908. The largest absolute Gasteiger partial charge is 0.336 e. The fourth-order valence-corrected chi connectivity index (χ4v) is 1.79. The summed E-state index contributed by atoms with van der Waals surface area (Å²) < 4.78 is 0. The summed E-state index contributed by atoms with van der Waals surface area (Å²) in [7, 11) is 0. The van der Waals surface area contributed by atoms with Crippen LogP contribution in [0.1, 0.15) is 39.7 Å². The zero-order valence-electron chi connectivity index (χ0n) is 11.4. The normalized spacial score (nSPS) is 12.9. The Morgan fingerprint density at radius 3 is 2.67 bits per heavy atom. The van der Waals surface area contributed by atoms with Gasteiger partial charge in [0, 0.05) is 11.1 Å². The standard InChI is InChI=1S/C14H21ClN2O/c1-5-10(2)16-13(18)17-14(3,4)11-7-6-8-12(15)9-11/h6-10H,5H2,1-4H3,(H2,16,17,18). The molecule has 0 aromatic heterocycles. The lowest BCUT2D eigenvalue weighted by molar-refractivity contribution is 0.226. The van der Waals surface area contributed by atoms with Crippen LogP contribution in [0.5, 0.6) is 0 Å². The van der Waals surface area contributed by atoms with Crippen molar-refractivity contribution in [3.05, 3.63) is 34.9 Å². The summed E-state index contributed by atoms with van der Waals surface area (Å²) in [6.45, 7) is 7.92. The van der Waals surface area contributed by atoms with E-state index >= 15 is 0 Å². The number of hydrogen-bond acceptors (Lipinski definition) is 1. The number of carbonyl (C=O) groups is 1. The summed E-state index contributed by atoms with van der Waals surface area (Å²) in [5.74, 6) is 0. The molecule has 2 N–H and O–H groups in total. The average molecular weight is 269 g/mol. The number of hydrogen-bond donors (Lipinski definition) is 2. The molecule has 0 radical (unpaired) electrons. The van der Waals surface area contributed by atoms with E-state index < -0.39 is 5.54 Å². The van der Waals surface area contributed by atoms with Crippen molar-refractivity contribution >= 4 is 17.6 Å². The molecule has 100 valence electrons. The number of halogens is 1. The Hall–Kier alpha value is -1.22. The van der Waals surface area contributed by atoms with Gasteiger partial charge in [-0.1, -0.05) is 30.7 Å². The second-order valence-corrected chi connectivity index (χ2v) is 5.48. The second kappa shape index (κ2) is 6.10. The van der Waals surface area contributed by atoms with E-state index in [1.165, 1.54) is 0 Å². The molecular formula is C14H21ClN2O. The van der Waals surface area contributed by atoms with E-state index in [-0.39, 0.29) is 12.1 Å². The third-order valence-electron chi connectivity index (χ3n) is 2.96. The monoisotopic (exact) mass is 268 g/mol.